The Kier molecular flexibility index (Phi) is 4.71. The quantitative estimate of drug-likeness (QED) is 0.758. The lowest BCUT2D eigenvalue weighted by atomic mass is 10.0. The number of nitrogens with zero attached hydrogens (tertiary/aromatic N) is 5. The standard InChI is InChI=1S/C20H20N6/c21-14-17-9-6-10-18(13-17)19(25-11-4-5-12-25)20-22-23-24-26(20)15-16-7-2-1-3-8-16/h1-3,6-10,13,19H,4-5,11-12,15H2/p+1/t19-/m0/s1. The van der Waals surface area contributed by atoms with Gasteiger partial charge in [-0.15, -0.1) is 5.10 Å². The van der Waals surface area contributed by atoms with E-state index in [1.807, 2.05) is 41.1 Å². The predicted molar refractivity (Wildman–Crippen MR) is 96.3 cm³/mol. The van der Waals surface area contributed by atoms with Crippen molar-refractivity contribution in [1.82, 2.24) is 20.2 Å². The largest absolute Gasteiger partial charge is 0.322 e. The van der Waals surface area contributed by atoms with Gasteiger partial charge in [0.1, 0.15) is 0 Å². The molecule has 2 heterocycles. The van der Waals surface area contributed by atoms with Crippen molar-refractivity contribution in [2.24, 2.45) is 0 Å². The van der Waals surface area contributed by atoms with Crippen LogP contribution in [0.5, 0.6) is 0 Å². The minimum absolute atomic E-state index is 0.0458. The van der Waals surface area contributed by atoms with Crippen LogP contribution >= 0.6 is 0 Å². The van der Waals surface area contributed by atoms with Gasteiger partial charge in [-0.05, 0) is 28.1 Å². The Morgan fingerprint density at radius 3 is 2.65 bits per heavy atom. The molecule has 6 nitrogen and oxygen atoms in total. The fraction of sp³-hybridized carbons (Fsp3) is 0.300. The number of hydrogen-bond donors (Lipinski definition) is 1. The Labute approximate surface area is 152 Å². The first-order valence-corrected chi connectivity index (χ1v) is 9.00. The van der Waals surface area contributed by atoms with Crippen molar-refractivity contribution < 1.29 is 4.90 Å². The van der Waals surface area contributed by atoms with E-state index in [-0.39, 0.29) is 6.04 Å². The topological polar surface area (TPSA) is 71.8 Å². The van der Waals surface area contributed by atoms with E-state index >= 15 is 0 Å². The summed E-state index contributed by atoms with van der Waals surface area (Å²) in [6, 6.07) is 20.4. The summed E-state index contributed by atoms with van der Waals surface area (Å²) in [5.41, 5.74) is 2.94. The molecule has 0 aliphatic carbocycles. The fourth-order valence-corrected chi connectivity index (χ4v) is 3.76. The Balaban J connectivity index is 1.73. The molecule has 1 aliphatic heterocycles. The molecule has 0 bridgehead atoms. The molecule has 0 spiro atoms. The lowest BCUT2D eigenvalue weighted by molar-refractivity contribution is -0.914. The maximum atomic E-state index is 9.29. The minimum Gasteiger partial charge on any atom is -0.322 e. The summed E-state index contributed by atoms with van der Waals surface area (Å²) in [5, 5.41) is 21.9. The van der Waals surface area contributed by atoms with Gasteiger partial charge in [0.2, 0.25) is 5.82 Å². The third kappa shape index (κ3) is 3.35. The van der Waals surface area contributed by atoms with Gasteiger partial charge in [-0.1, -0.05) is 42.5 Å². The van der Waals surface area contributed by atoms with Crippen LogP contribution in [0.2, 0.25) is 0 Å². The van der Waals surface area contributed by atoms with Gasteiger partial charge in [0.15, 0.2) is 6.04 Å². The number of aromatic nitrogens is 4. The summed E-state index contributed by atoms with van der Waals surface area (Å²) in [6.07, 6.45) is 2.42. The number of hydrogen-bond acceptors (Lipinski definition) is 4. The van der Waals surface area contributed by atoms with Crippen molar-refractivity contribution in [1.29, 1.82) is 5.26 Å². The number of tetrazole rings is 1. The molecule has 26 heavy (non-hydrogen) atoms. The molecule has 1 atom stereocenters. The average Bonchev–Trinajstić information content (AvgIpc) is 3.36. The van der Waals surface area contributed by atoms with Crippen LogP contribution in [0.15, 0.2) is 54.6 Å². The lowest BCUT2D eigenvalue weighted by Gasteiger charge is -2.24. The maximum Gasteiger partial charge on any atom is 0.214 e. The second-order valence-electron chi connectivity index (χ2n) is 6.72. The molecule has 2 aromatic carbocycles. The van der Waals surface area contributed by atoms with E-state index in [2.05, 4.69) is 39.8 Å². The van der Waals surface area contributed by atoms with Crippen LogP contribution in [0, 0.1) is 11.3 Å². The Morgan fingerprint density at radius 2 is 1.88 bits per heavy atom. The summed E-state index contributed by atoms with van der Waals surface area (Å²) in [4.78, 5) is 1.46. The Morgan fingerprint density at radius 1 is 1.08 bits per heavy atom. The third-order valence-electron chi connectivity index (χ3n) is 5.00. The van der Waals surface area contributed by atoms with Crippen molar-refractivity contribution in [2.75, 3.05) is 13.1 Å². The lowest BCUT2D eigenvalue weighted by Crippen LogP contribution is -3.10. The summed E-state index contributed by atoms with van der Waals surface area (Å²) >= 11 is 0. The van der Waals surface area contributed by atoms with Gasteiger partial charge < -0.3 is 4.90 Å². The van der Waals surface area contributed by atoms with Crippen LogP contribution in [0.3, 0.4) is 0 Å². The normalized spacial score (nSPS) is 15.7. The summed E-state index contributed by atoms with van der Waals surface area (Å²) in [7, 11) is 0. The van der Waals surface area contributed by atoms with Crippen molar-refractivity contribution in [2.45, 2.75) is 25.4 Å². The van der Waals surface area contributed by atoms with Crippen molar-refractivity contribution in [3.05, 3.63) is 77.1 Å². The van der Waals surface area contributed by atoms with E-state index in [4.69, 9.17) is 0 Å². The number of nitriles is 1. The molecule has 4 rings (SSSR count). The number of nitrogens with one attached hydrogen (secondary N) is 1. The van der Waals surface area contributed by atoms with Gasteiger partial charge in [-0.25, -0.2) is 4.68 Å². The predicted octanol–water partition coefficient (Wildman–Crippen LogP) is 1.36. The van der Waals surface area contributed by atoms with Crippen LogP contribution in [-0.2, 0) is 6.54 Å². The fourth-order valence-electron chi connectivity index (χ4n) is 3.76. The molecule has 1 saturated heterocycles. The van der Waals surface area contributed by atoms with Crippen molar-refractivity contribution >= 4 is 0 Å². The first kappa shape index (κ1) is 16.4. The maximum absolute atomic E-state index is 9.29. The first-order chi connectivity index (χ1) is 12.8. The number of likely N-dealkylation sites (tertiary alicyclic amines) is 1. The molecule has 1 aromatic heterocycles. The highest BCUT2D eigenvalue weighted by molar-refractivity contribution is 5.35. The van der Waals surface area contributed by atoms with E-state index in [1.165, 1.54) is 23.3 Å². The molecule has 1 N–H and O–H groups in total. The molecule has 130 valence electrons. The second-order valence-corrected chi connectivity index (χ2v) is 6.72. The number of rotatable bonds is 5. The molecule has 0 amide bonds. The molecular formula is C20H21N6+. The van der Waals surface area contributed by atoms with Crippen molar-refractivity contribution in [3.8, 4) is 6.07 Å². The third-order valence-corrected chi connectivity index (χ3v) is 5.00. The molecule has 6 heteroatoms. The van der Waals surface area contributed by atoms with Crippen LogP contribution in [-0.4, -0.2) is 33.3 Å². The van der Waals surface area contributed by atoms with E-state index in [0.29, 0.717) is 12.1 Å². The zero-order valence-electron chi connectivity index (χ0n) is 14.5. The highest BCUT2D eigenvalue weighted by atomic mass is 15.5. The smallest absolute Gasteiger partial charge is 0.214 e. The van der Waals surface area contributed by atoms with Gasteiger partial charge in [0, 0.05) is 18.4 Å². The van der Waals surface area contributed by atoms with Gasteiger partial charge in [-0.2, -0.15) is 5.26 Å². The zero-order chi connectivity index (χ0) is 17.8. The SMILES string of the molecule is N#Cc1cccc([C@@H](c2nnnn2Cc2ccccc2)[NH+]2CCCC2)c1. The summed E-state index contributed by atoms with van der Waals surface area (Å²) in [5.74, 6) is 0.862. The average molecular weight is 345 g/mol. The molecular weight excluding hydrogens is 324 g/mol. The van der Waals surface area contributed by atoms with E-state index in [1.54, 1.807) is 0 Å². The van der Waals surface area contributed by atoms with Crippen molar-refractivity contribution in [3.63, 3.8) is 0 Å². The molecule has 0 unspecified atom stereocenters. The highest BCUT2D eigenvalue weighted by Crippen LogP contribution is 2.20. The molecule has 3 aromatic rings. The van der Waals surface area contributed by atoms with Crippen LogP contribution in [0.1, 0.15) is 41.4 Å². The van der Waals surface area contributed by atoms with Gasteiger partial charge in [0.25, 0.3) is 0 Å². The molecule has 1 fully saturated rings. The van der Waals surface area contributed by atoms with Crippen LogP contribution in [0.25, 0.3) is 0 Å². The molecule has 0 radical (unpaired) electrons. The van der Waals surface area contributed by atoms with Crippen LogP contribution < -0.4 is 4.90 Å². The van der Waals surface area contributed by atoms with Crippen LogP contribution in [0.4, 0.5) is 0 Å². The Hall–Kier alpha value is -3.04. The summed E-state index contributed by atoms with van der Waals surface area (Å²) in [6.45, 7) is 2.84. The van der Waals surface area contributed by atoms with E-state index in [9.17, 15) is 5.26 Å². The Bertz CT molecular complexity index is 905. The monoisotopic (exact) mass is 345 g/mol. The van der Waals surface area contributed by atoms with E-state index < -0.39 is 0 Å². The van der Waals surface area contributed by atoms with Gasteiger partial charge in [-0.3, -0.25) is 0 Å². The zero-order valence-corrected chi connectivity index (χ0v) is 14.5. The first-order valence-electron chi connectivity index (χ1n) is 9.00. The van der Waals surface area contributed by atoms with Gasteiger partial charge >= 0.3 is 0 Å². The highest BCUT2D eigenvalue weighted by Gasteiger charge is 2.33. The second kappa shape index (κ2) is 7.46. The number of quaternary nitrogens is 1. The minimum atomic E-state index is 0.0458. The number of benzene rings is 2. The molecule has 1 aliphatic rings. The summed E-state index contributed by atoms with van der Waals surface area (Å²) < 4.78 is 1.89. The van der Waals surface area contributed by atoms with Gasteiger partial charge in [0.05, 0.1) is 31.3 Å². The molecule has 0 saturated carbocycles. The van der Waals surface area contributed by atoms with E-state index in [0.717, 1.165) is 24.5 Å².